The van der Waals surface area contributed by atoms with Gasteiger partial charge in [-0.3, -0.25) is 4.99 Å². The van der Waals surface area contributed by atoms with Gasteiger partial charge in [-0.2, -0.15) is 0 Å². The summed E-state index contributed by atoms with van der Waals surface area (Å²) in [5, 5.41) is 2.94. The largest absolute Gasteiger partial charge is 0.366 e. The molecule has 0 aromatic heterocycles. The summed E-state index contributed by atoms with van der Waals surface area (Å²) in [6.45, 7) is 3.89. The highest BCUT2D eigenvalue weighted by Gasteiger charge is 2.10. The molecule has 0 aliphatic heterocycles. The third-order valence-corrected chi connectivity index (χ3v) is 2.07. The van der Waals surface area contributed by atoms with E-state index in [2.05, 4.69) is 10.3 Å². The molecule has 82 valence electrons. The second-order valence-electron chi connectivity index (χ2n) is 3.15. The van der Waals surface area contributed by atoms with Gasteiger partial charge >= 0.3 is 0 Å². The maximum absolute atomic E-state index is 12.5. The fraction of sp³-hybridized carbons (Fsp3) is 0.364. The average Bonchev–Trinajstić information content (AvgIpc) is 2.20. The van der Waals surface area contributed by atoms with Crippen molar-refractivity contribution < 1.29 is 8.78 Å². The van der Waals surface area contributed by atoms with Crippen LogP contribution in [0.3, 0.4) is 0 Å². The number of benzene rings is 1. The molecule has 1 rings (SSSR count). The third-order valence-electron chi connectivity index (χ3n) is 2.07. The van der Waals surface area contributed by atoms with E-state index in [4.69, 9.17) is 0 Å². The molecule has 2 nitrogen and oxygen atoms in total. The van der Waals surface area contributed by atoms with Crippen LogP contribution in [0.4, 0.5) is 14.5 Å². The van der Waals surface area contributed by atoms with Crippen LogP contribution in [0.1, 0.15) is 24.5 Å². The Morgan fingerprint density at radius 2 is 2.20 bits per heavy atom. The zero-order chi connectivity index (χ0) is 11.3. The molecule has 0 unspecified atom stereocenters. The molecule has 0 saturated carbocycles. The lowest BCUT2D eigenvalue weighted by Gasteiger charge is -2.08. The average molecular weight is 212 g/mol. The van der Waals surface area contributed by atoms with Crippen LogP contribution in [0.5, 0.6) is 0 Å². The van der Waals surface area contributed by atoms with Gasteiger partial charge in [-0.05, 0) is 37.8 Å². The maximum Gasteiger partial charge on any atom is 0.264 e. The molecule has 0 aliphatic carbocycles. The number of alkyl halides is 2. The molecule has 0 radical (unpaired) electrons. The van der Waals surface area contributed by atoms with Crippen LogP contribution < -0.4 is 5.32 Å². The number of anilines is 1. The van der Waals surface area contributed by atoms with Crippen LogP contribution in [0.2, 0.25) is 0 Å². The SMILES string of the molecule is C/C=N\CNc1ccc(C)c(C(F)F)c1. The van der Waals surface area contributed by atoms with E-state index >= 15 is 0 Å². The lowest BCUT2D eigenvalue weighted by molar-refractivity contribution is 0.150. The number of aliphatic imine (C=N–C) groups is 1. The molecular formula is C11H14F2N2. The normalized spacial score (nSPS) is 11.3. The van der Waals surface area contributed by atoms with E-state index < -0.39 is 6.43 Å². The monoisotopic (exact) mass is 212 g/mol. The van der Waals surface area contributed by atoms with E-state index in [-0.39, 0.29) is 5.56 Å². The van der Waals surface area contributed by atoms with Gasteiger partial charge < -0.3 is 5.32 Å². The first-order valence-corrected chi connectivity index (χ1v) is 4.72. The summed E-state index contributed by atoms with van der Waals surface area (Å²) in [6.07, 6.45) is -0.767. The lowest BCUT2D eigenvalue weighted by atomic mass is 10.1. The van der Waals surface area contributed by atoms with Gasteiger partial charge in [0.05, 0.1) is 0 Å². The van der Waals surface area contributed by atoms with Crippen molar-refractivity contribution in [2.24, 2.45) is 4.99 Å². The van der Waals surface area contributed by atoms with Crippen molar-refractivity contribution in [3.63, 3.8) is 0 Å². The molecule has 0 atom stereocenters. The smallest absolute Gasteiger partial charge is 0.264 e. The van der Waals surface area contributed by atoms with E-state index in [1.54, 1.807) is 32.2 Å². The summed E-state index contributed by atoms with van der Waals surface area (Å²) in [4.78, 5) is 3.94. The Morgan fingerprint density at radius 3 is 2.80 bits per heavy atom. The van der Waals surface area contributed by atoms with Gasteiger partial charge in [0.15, 0.2) is 0 Å². The summed E-state index contributed by atoms with van der Waals surface area (Å²) in [7, 11) is 0. The van der Waals surface area contributed by atoms with Gasteiger partial charge in [-0.25, -0.2) is 8.78 Å². The minimum absolute atomic E-state index is 0.0699. The van der Waals surface area contributed by atoms with E-state index in [1.807, 2.05) is 0 Å². The van der Waals surface area contributed by atoms with E-state index in [0.29, 0.717) is 17.9 Å². The van der Waals surface area contributed by atoms with Gasteiger partial charge in [0, 0.05) is 11.3 Å². The van der Waals surface area contributed by atoms with Crippen molar-refractivity contribution in [2.75, 3.05) is 12.0 Å². The van der Waals surface area contributed by atoms with Crippen LogP contribution in [0, 0.1) is 6.92 Å². The van der Waals surface area contributed by atoms with Gasteiger partial charge in [-0.1, -0.05) is 6.07 Å². The van der Waals surface area contributed by atoms with E-state index in [0.717, 1.165) is 0 Å². The summed E-state index contributed by atoms with van der Waals surface area (Å²) in [6, 6.07) is 4.91. The van der Waals surface area contributed by atoms with Crippen LogP contribution in [-0.2, 0) is 0 Å². The molecule has 1 aromatic carbocycles. The molecule has 0 spiro atoms. The fourth-order valence-electron chi connectivity index (χ4n) is 1.21. The molecule has 15 heavy (non-hydrogen) atoms. The zero-order valence-electron chi connectivity index (χ0n) is 8.80. The molecule has 0 heterocycles. The van der Waals surface area contributed by atoms with Gasteiger partial charge in [0.25, 0.3) is 6.43 Å². The quantitative estimate of drug-likeness (QED) is 0.760. The predicted molar refractivity (Wildman–Crippen MR) is 58.8 cm³/mol. The Morgan fingerprint density at radius 1 is 1.47 bits per heavy atom. The summed E-state index contributed by atoms with van der Waals surface area (Å²) < 4.78 is 25.1. The molecule has 0 amide bonds. The second kappa shape index (κ2) is 5.44. The van der Waals surface area contributed by atoms with Crippen LogP contribution in [-0.4, -0.2) is 12.9 Å². The van der Waals surface area contributed by atoms with Crippen LogP contribution >= 0.6 is 0 Å². The standard InChI is InChI=1S/C11H14F2N2/c1-3-14-7-15-9-5-4-8(2)10(6-9)11(12)13/h3-6,11,15H,7H2,1-2H3/b14-3-. The number of nitrogens with zero attached hydrogens (tertiary/aromatic N) is 1. The summed E-state index contributed by atoms with van der Waals surface area (Å²) in [5.74, 6) is 0. The molecule has 0 aliphatic rings. The van der Waals surface area contributed by atoms with Crippen molar-refractivity contribution in [3.8, 4) is 0 Å². The van der Waals surface area contributed by atoms with E-state index in [1.165, 1.54) is 6.07 Å². The maximum atomic E-state index is 12.5. The zero-order valence-corrected chi connectivity index (χ0v) is 8.80. The number of nitrogens with one attached hydrogen (secondary N) is 1. The lowest BCUT2D eigenvalue weighted by Crippen LogP contribution is -2.00. The minimum atomic E-state index is -2.43. The Kier molecular flexibility index (Phi) is 4.21. The van der Waals surface area contributed by atoms with Crippen molar-refractivity contribution in [2.45, 2.75) is 20.3 Å². The molecule has 1 N–H and O–H groups in total. The number of aryl methyl sites for hydroxylation is 1. The molecule has 1 aromatic rings. The van der Waals surface area contributed by atoms with Crippen molar-refractivity contribution >= 4 is 11.9 Å². The van der Waals surface area contributed by atoms with Crippen molar-refractivity contribution in [3.05, 3.63) is 29.3 Å². The van der Waals surface area contributed by atoms with E-state index in [9.17, 15) is 8.78 Å². The molecule has 4 heteroatoms. The van der Waals surface area contributed by atoms with Crippen LogP contribution in [0.25, 0.3) is 0 Å². The van der Waals surface area contributed by atoms with Crippen LogP contribution in [0.15, 0.2) is 23.2 Å². The Balaban J connectivity index is 2.78. The Labute approximate surface area is 88.0 Å². The number of rotatable bonds is 4. The van der Waals surface area contributed by atoms with Crippen molar-refractivity contribution in [1.82, 2.24) is 0 Å². The number of hydrogen-bond donors (Lipinski definition) is 1. The second-order valence-corrected chi connectivity index (χ2v) is 3.15. The molecule has 0 fully saturated rings. The predicted octanol–water partition coefficient (Wildman–Crippen LogP) is 3.39. The van der Waals surface area contributed by atoms with Crippen molar-refractivity contribution in [1.29, 1.82) is 0 Å². The number of halogens is 2. The first-order chi connectivity index (χ1) is 7.15. The summed E-state index contributed by atoms with van der Waals surface area (Å²) >= 11 is 0. The highest BCUT2D eigenvalue weighted by molar-refractivity contribution is 5.54. The molecule has 0 bridgehead atoms. The minimum Gasteiger partial charge on any atom is -0.366 e. The highest BCUT2D eigenvalue weighted by Crippen LogP contribution is 2.25. The first-order valence-electron chi connectivity index (χ1n) is 4.72. The first kappa shape index (κ1) is 11.6. The Bertz CT molecular complexity index is 348. The van der Waals surface area contributed by atoms with Gasteiger partial charge in [-0.15, -0.1) is 0 Å². The molecular weight excluding hydrogens is 198 g/mol. The fourth-order valence-corrected chi connectivity index (χ4v) is 1.21. The Hall–Kier alpha value is -1.45. The summed E-state index contributed by atoms with van der Waals surface area (Å²) in [5.41, 5.74) is 1.34. The number of hydrogen-bond acceptors (Lipinski definition) is 2. The molecule has 0 saturated heterocycles. The van der Waals surface area contributed by atoms with Gasteiger partial charge in [0.1, 0.15) is 6.67 Å². The highest BCUT2D eigenvalue weighted by atomic mass is 19.3. The topological polar surface area (TPSA) is 24.4 Å². The van der Waals surface area contributed by atoms with Gasteiger partial charge in [0.2, 0.25) is 0 Å². The third kappa shape index (κ3) is 3.31.